The van der Waals surface area contributed by atoms with Gasteiger partial charge in [0.1, 0.15) is 5.57 Å². The highest BCUT2D eigenvalue weighted by Gasteiger charge is 2.37. The Balaban J connectivity index is 2.04. The number of aromatic hydroxyl groups is 1. The summed E-state index contributed by atoms with van der Waals surface area (Å²) in [6.07, 6.45) is 1.04. The van der Waals surface area contributed by atoms with Gasteiger partial charge in [-0.15, -0.1) is 0 Å². The fourth-order valence-electron chi connectivity index (χ4n) is 3.02. The number of benzene rings is 2. The van der Waals surface area contributed by atoms with Crippen molar-refractivity contribution < 1.29 is 38.7 Å². The highest BCUT2D eigenvalue weighted by molar-refractivity contribution is 6.39. The first-order chi connectivity index (χ1) is 15.7. The molecule has 33 heavy (non-hydrogen) atoms. The van der Waals surface area contributed by atoms with E-state index >= 15 is 0 Å². The minimum absolute atomic E-state index is 0.0109. The molecule has 12 nitrogen and oxygen atoms in total. The summed E-state index contributed by atoms with van der Waals surface area (Å²) in [4.78, 5) is 60.4. The van der Waals surface area contributed by atoms with Gasteiger partial charge in [-0.05, 0) is 48.9 Å². The highest BCUT2D eigenvalue weighted by Crippen LogP contribution is 2.38. The number of methoxy groups -OCH3 is 1. The Kier molecular flexibility index (Phi) is 6.38. The number of imide groups is 2. The van der Waals surface area contributed by atoms with Crippen molar-refractivity contribution >= 4 is 41.3 Å². The van der Waals surface area contributed by atoms with Gasteiger partial charge in [0, 0.05) is 6.07 Å². The van der Waals surface area contributed by atoms with Crippen molar-refractivity contribution in [2.24, 2.45) is 0 Å². The molecule has 0 saturated carbocycles. The van der Waals surface area contributed by atoms with Crippen molar-refractivity contribution in [2.45, 2.75) is 6.92 Å². The van der Waals surface area contributed by atoms with Crippen LogP contribution in [0.25, 0.3) is 6.08 Å². The Bertz CT molecular complexity index is 1200. The number of amides is 4. The first kappa shape index (κ1) is 22.9. The molecule has 0 bridgehead atoms. The molecule has 2 aromatic rings. The Morgan fingerprint density at radius 2 is 1.88 bits per heavy atom. The molecule has 2 aromatic carbocycles. The monoisotopic (exact) mass is 455 g/mol. The smallest absolute Gasteiger partial charge is 0.337 e. The molecule has 3 rings (SSSR count). The Labute approximate surface area is 186 Å². The van der Waals surface area contributed by atoms with Crippen molar-refractivity contribution in [2.75, 3.05) is 18.6 Å². The van der Waals surface area contributed by atoms with E-state index in [1.165, 1.54) is 37.4 Å². The van der Waals surface area contributed by atoms with Crippen molar-refractivity contribution in [1.29, 1.82) is 0 Å². The predicted molar refractivity (Wildman–Crippen MR) is 113 cm³/mol. The molecule has 1 saturated heterocycles. The number of phenols is 1. The van der Waals surface area contributed by atoms with Crippen LogP contribution in [0.4, 0.5) is 16.2 Å². The zero-order valence-electron chi connectivity index (χ0n) is 17.4. The standard InChI is InChI=1S/C21H17N3O9/c1-3-33-16-10-11(9-15(17(16)25)24(30)31)8-14-18(26)22-21(29)23(19(14)27)13-6-4-12(5-7-13)20(28)32-2/h4-10,25H,3H2,1-2H3,(H,22,26,29)/b14-8-. The molecule has 170 valence electrons. The van der Waals surface area contributed by atoms with Crippen LogP contribution in [0.1, 0.15) is 22.8 Å². The Hall–Kier alpha value is -4.74. The van der Waals surface area contributed by atoms with Crippen molar-refractivity contribution in [3.63, 3.8) is 0 Å². The lowest BCUT2D eigenvalue weighted by atomic mass is 10.1. The molecular weight excluding hydrogens is 438 g/mol. The van der Waals surface area contributed by atoms with Crippen LogP contribution in [0.5, 0.6) is 11.5 Å². The maximum atomic E-state index is 13.0. The number of nitrogens with one attached hydrogen (secondary N) is 1. The quantitative estimate of drug-likeness (QED) is 0.218. The van der Waals surface area contributed by atoms with E-state index < -0.39 is 45.7 Å². The molecule has 1 heterocycles. The maximum absolute atomic E-state index is 13.0. The van der Waals surface area contributed by atoms with Gasteiger partial charge in [0.05, 0.1) is 29.9 Å². The summed E-state index contributed by atoms with van der Waals surface area (Å²) in [6.45, 7) is 1.69. The molecule has 0 aromatic heterocycles. The molecule has 0 aliphatic carbocycles. The maximum Gasteiger partial charge on any atom is 0.337 e. The number of ether oxygens (including phenoxy) is 2. The average Bonchev–Trinajstić information content (AvgIpc) is 2.78. The van der Waals surface area contributed by atoms with Gasteiger partial charge in [0.2, 0.25) is 5.75 Å². The number of rotatable bonds is 6. The SMILES string of the molecule is CCOc1cc(/C=C2/C(=O)NC(=O)N(c3ccc(C(=O)OC)cc3)C2=O)cc([N+](=O)[O-])c1O. The number of barbiturate groups is 1. The van der Waals surface area contributed by atoms with Crippen LogP contribution in [0.15, 0.2) is 42.0 Å². The zero-order chi connectivity index (χ0) is 24.3. The molecule has 0 spiro atoms. The number of carbonyl (C=O) groups is 4. The summed E-state index contributed by atoms with van der Waals surface area (Å²) in [5, 5.41) is 23.3. The van der Waals surface area contributed by atoms with Crippen LogP contribution < -0.4 is 15.0 Å². The van der Waals surface area contributed by atoms with Crippen LogP contribution in [0.3, 0.4) is 0 Å². The Morgan fingerprint density at radius 3 is 2.45 bits per heavy atom. The first-order valence-electron chi connectivity index (χ1n) is 9.42. The third-order valence-corrected chi connectivity index (χ3v) is 4.53. The van der Waals surface area contributed by atoms with E-state index in [0.29, 0.717) is 4.90 Å². The van der Waals surface area contributed by atoms with Crippen LogP contribution in [-0.2, 0) is 14.3 Å². The lowest BCUT2D eigenvalue weighted by Gasteiger charge is -2.26. The number of nitro benzene ring substituents is 1. The number of anilines is 1. The number of nitro groups is 1. The summed E-state index contributed by atoms with van der Waals surface area (Å²) in [7, 11) is 1.20. The highest BCUT2D eigenvalue weighted by atomic mass is 16.6. The predicted octanol–water partition coefficient (Wildman–Crippen LogP) is 2.15. The second-order valence-corrected chi connectivity index (χ2v) is 6.57. The van der Waals surface area contributed by atoms with Crippen LogP contribution >= 0.6 is 0 Å². The van der Waals surface area contributed by atoms with Crippen LogP contribution in [0.2, 0.25) is 0 Å². The van der Waals surface area contributed by atoms with E-state index in [2.05, 4.69) is 4.74 Å². The fraction of sp³-hybridized carbons (Fsp3) is 0.143. The summed E-state index contributed by atoms with van der Waals surface area (Å²) in [5.74, 6) is -3.55. The number of hydrogen-bond donors (Lipinski definition) is 2. The van der Waals surface area contributed by atoms with E-state index in [1.54, 1.807) is 6.92 Å². The van der Waals surface area contributed by atoms with Gasteiger partial charge in [-0.2, -0.15) is 0 Å². The minimum Gasteiger partial charge on any atom is -0.500 e. The summed E-state index contributed by atoms with van der Waals surface area (Å²) >= 11 is 0. The number of urea groups is 1. The topological polar surface area (TPSA) is 165 Å². The molecule has 1 aliphatic heterocycles. The molecule has 1 fully saturated rings. The number of nitrogens with zero attached hydrogens (tertiary/aromatic N) is 2. The molecular formula is C21H17N3O9. The van der Waals surface area contributed by atoms with Gasteiger partial charge in [0.15, 0.2) is 5.75 Å². The molecule has 0 radical (unpaired) electrons. The number of hydrogen-bond acceptors (Lipinski definition) is 9. The molecule has 0 atom stereocenters. The second-order valence-electron chi connectivity index (χ2n) is 6.57. The number of carbonyl (C=O) groups excluding carboxylic acids is 4. The van der Waals surface area contributed by atoms with Crippen LogP contribution in [0, 0.1) is 10.1 Å². The van der Waals surface area contributed by atoms with Gasteiger partial charge in [-0.25, -0.2) is 14.5 Å². The number of esters is 1. The zero-order valence-corrected chi connectivity index (χ0v) is 17.4. The minimum atomic E-state index is -1.01. The summed E-state index contributed by atoms with van der Waals surface area (Å²) in [6, 6.07) is 6.45. The van der Waals surface area contributed by atoms with E-state index in [0.717, 1.165) is 12.1 Å². The lowest BCUT2D eigenvalue weighted by Crippen LogP contribution is -2.54. The van der Waals surface area contributed by atoms with Gasteiger partial charge < -0.3 is 14.6 Å². The van der Waals surface area contributed by atoms with Gasteiger partial charge in [-0.1, -0.05) is 0 Å². The molecule has 12 heteroatoms. The molecule has 2 N–H and O–H groups in total. The first-order valence-corrected chi connectivity index (χ1v) is 9.42. The van der Waals surface area contributed by atoms with Gasteiger partial charge in [0.25, 0.3) is 11.8 Å². The second kappa shape index (κ2) is 9.18. The largest absolute Gasteiger partial charge is 0.500 e. The van der Waals surface area contributed by atoms with E-state index in [4.69, 9.17) is 4.74 Å². The van der Waals surface area contributed by atoms with Crippen LogP contribution in [-0.4, -0.2) is 47.6 Å². The average molecular weight is 455 g/mol. The molecule has 0 unspecified atom stereocenters. The fourth-order valence-corrected chi connectivity index (χ4v) is 3.02. The lowest BCUT2D eigenvalue weighted by molar-refractivity contribution is -0.386. The Morgan fingerprint density at radius 1 is 1.21 bits per heavy atom. The van der Waals surface area contributed by atoms with Gasteiger partial charge in [-0.3, -0.25) is 25.0 Å². The van der Waals surface area contributed by atoms with Crippen molar-refractivity contribution in [3.8, 4) is 11.5 Å². The molecule has 4 amide bonds. The van der Waals surface area contributed by atoms with E-state index in [1.807, 2.05) is 5.32 Å². The number of phenolic OH excluding ortho intramolecular Hbond substituents is 1. The van der Waals surface area contributed by atoms with Crippen molar-refractivity contribution in [3.05, 3.63) is 63.2 Å². The van der Waals surface area contributed by atoms with Crippen molar-refractivity contribution in [1.82, 2.24) is 5.32 Å². The third-order valence-electron chi connectivity index (χ3n) is 4.53. The summed E-state index contributed by atoms with van der Waals surface area (Å²) in [5.41, 5.74) is -0.929. The van der Waals surface area contributed by atoms with Gasteiger partial charge >= 0.3 is 17.7 Å². The van der Waals surface area contributed by atoms with E-state index in [9.17, 15) is 34.4 Å². The molecule has 1 aliphatic rings. The van der Waals surface area contributed by atoms with E-state index in [-0.39, 0.29) is 29.2 Å². The third kappa shape index (κ3) is 4.49. The summed E-state index contributed by atoms with van der Waals surface area (Å²) < 4.78 is 9.78. The normalized spacial score (nSPS) is 14.8.